The third-order valence-corrected chi connectivity index (χ3v) is 4.74. The lowest BCUT2D eigenvalue weighted by molar-refractivity contribution is 0.178. The number of ether oxygens (including phenoxy) is 2. The summed E-state index contributed by atoms with van der Waals surface area (Å²) in [6.07, 6.45) is 0.904. The monoisotopic (exact) mass is 506 g/mol. The molecule has 0 heterocycles. The van der Waals surface area contributed by atoms with E-state index in [1.807, 2.05) is 19.2 Å². The Hall–Kier alpha value is -1.22. The molecule has 6 nitrogen and oxygen atoms in total. The Labute approximate surface area is 188 Å². The predicted molar refractivity (Wildman–Crippen MR) is 130 cm³/mol. The first kappa shape index (κ1) is 26.8. The second kappa shape index (κ2) is 13.9. The molecule has 0 aliphatic rings. The number of guanidine groups is 1. The first-order chi connectivity index (χ1) is 12.8. The molecule has 162 valence electrons. The van der Waals surface area contributed by atoms with Crippen LogP contribution >= 0.6 is 24.0 Å². The lowest BCUT2D eigenvalue weighted by Gasteiger charge is -2.31. The standard InChI is InChI=1S/C21H38N4O2.HI/c1-16(2)25(17(3)4)14-12-23-21(22-5)24(6)13-11-18-9-10-19(26-7)20(15-18)27-8;/h9-10,15-17H,11-14H2,1-8H3,(H,22,23);1H. The largest absolute Gasteiger partial charge is 0.493 e. The van der Waals surface area contributed by atoms with Gasteiger partial charge in [-0.05, 0) is 51.8 Å². The van der Waals surface area contributed by atoms with Crippen LogP contribution in [0.4, 0.5) is 0 Å². The summed E-state index contributed by atoms with van der Waals surface area (Å²) in [5.74, 6) is 2.44. The number of nitrogens with one attached hydrogen (secondary N) is 1. The third kappa shape index (κ3) is 8.43. The Morgan fingerprint density at radius 2 is 1.64 bits per heavy atom. The molecule has 0 fully saturated rings. The topological polar surface area (TPSA) is 49.3 Å². The molecule has 28 heavy (non-hydrogen) atoms. The Balaban J connectivity index is 0.00000729. The molecule has 0 aliphatic heterocycles. The minimum atomic E-state index is 0. The van der Waals surface area contributed by atoms with Gasteiger partial charge >= 0.3 is 0 Å². The highest BCUT2D eigenvalue weighted by molar-refractivity contribution is 14.0. The molecule has 0 bridgehead atoms. The van der Waals surface area contributed by atoms with E-state index < -0.39 is 0 Å². The number of likely N-dealkylation sites (N-methyl/N-ethyl adjacent to an activating group) is 1. The van der Waals surface area contributed by atoms with Gasteiger partial charge in [0, 0.05) is 45.8 Å². The van der Waals surface area contributed by atoms with Gasteiger partial charge in [-0.25, -0.2) is 0 Å². The molecule has 0 saturated carbocycles. The molecule has 0 aromatic heterocycles. The van der Waals surface area contributed by atoms with E-state index in [2.05, 4.69) is 60.9 Å². The van der Waals surface area contributed by atoms with Crippen molar-refractivity contribution in [1.82, 2.24) is 15.1 Å². The molecule has 0 aliphatic carbocycles. The van der Waals surface area contributed by atoms with E-state index in [4.69, 9.17) is 9.47 Å². The Morgan fingerprint density at radius 3 is 2.14 bits per heavy atom. The van der Waals surface area contributed by atoms with Crippen LogP contribution in [0.5, 0.6) is 11.5 Å². The smallest absolute Gasteiger partial charge is 0.193 e. The molecule has 0 saturated heterocycles. The first-order valence-corrected chi connectivity index (χ1v) is 9.72. The Bertz CT molecular complexity index is 586. The van der Waals surface area contributed by atoms with Gasteiger partial charge in [-0.2, -0.15) is 0 Å². The van der Waals surface area contributed by atoms with Gasteiger partial charge in [0.05, 0.1) is 14.2 Å². The molecule has 1 aromatic carbocycles. The molecule has 0 spiro atoms. The zero-order valence-corrected chi connectivity index (χ0v) is 21.1. The summed E-state index contributed by atoms with van der Waals surface area (Å²) in [6.45, 7) is 11.7. The van der Waals surface area contributed by atoms with Gasteiger partial charge in [0.25, 0.3) is 0 Å². The number of rotatable bonds is 10. The molecular weight excluding hydrogens is 467 g/mol. The molecule has 0 unspecified atom stereocenters. The fraction of sp³-hybridized carbons (Fsp3) is 0.667. The maximum atomic E-state index is 5.39. The van der Waals surface area contributed by atoms with E-state index in [9.17, 15) is 0 Å². The van der Waals surface area contributed by atoms with E-state index >= 15 is 0 Å². The van der Waals surface area contributed by atoms with Crippen molar-refractivity contribution < 1.29 is 9.47 Å². The van der Waals surface area contributed by atoms with Crippen LogP contribution in [-0.4, -0.2) is 75.8 Å². The van der Waals surface area contributed by atoms with Crippen LogP contribution in [-0.2, 0) is 6.42 Å². The summed E-state index contributed by atoms with van der Waals surface area (Å²) in [7, 11) is 7.22. The molecule has 0 radical (unpaired) electrons. The number of methoxy groups -OCH3 is 2. The molecule has 1 aromatic rings. The highest BCUT2D eigenvalue weighted by Gasteiger charge is 2.13. The van der Waals surface area contributed by atoms with E-state index in [1.165, 1.54) is 5.56 Å². The molecule has 0 amide bonds. The van der Waals surface area contributed by atoms with Gasteiger partial charge in [0.1, 0.15) is 0 Å². The average molecular weight is 506 g/mol. The fourth-order valence-electron chi connectivity index (χ4n) is 3.23. The molecule has 0 atom stereocenters. The van der Waals surface area contributed by atoms with Crippen molar-refractivity contribution in [3.63, 3.8) is 0 Å². The predicted octanol–water partition coefficient (Wildman–Crippen LogP) is 3.49. The Kier molecular flexibility index (Phi) is 13.3. The zero-order valence-electron chi connectivity index (χ0n) is 18.8. The van der Waals surface area contributed by atoms with Crippen molar-refractivity contribution in [3.8, 4) is 11.5 Å². The quantitative estimate of drug-likeness (QED) is 0.299. The van der Waals surface area contributed by atoms with Gasteiger partial charge < -0.3 is 19.7 Å². The average Bonchev–Trinajstić information content (AvgIpc) is 2.65. The van der Waals surface area contributed by atoms with Crippen LogP contribution < -0.4 is 14.8 Å². The van der Waals surface area contributed by atoms with E-state index in [1.54, 1.807) is 14.2 Å². The van der Waals surface area contributed by atoms with E-state index in [0.717, 1.165) is 43.5 Å². The van der Waals surface area contributed by atoms with Crippen molar-refractivity contribution in [3.05, 3.63) is 23.8 Å². The van der Waals surface area contributed by atoms with E-state index in [0.29, 0.717) is 12.1 Å². The molecule has 1 N–H and O–H groups in total. The lowest BCUT2D eigenvalue weighted by atomic mass is 10.1. The maximum Gasteiger partial charge on any atom is 0.193 e. The number of benzene rings is 1. The van der Waals surface area contributed by atoms with Crippen LogP contribution in [0.15, 0.2) is 23.2 Å². The van der Waals surface area contributed by atoms with Crippen molar-refractivity contribution in [2.24, 2.45) is 4.99 Å². The number of nitrogens with zero attached hydrogens (tertiary/aromatic N) is 3. The number of halogens is 1. The molecule has 7 heteroatoms. The Morgan fingerprint density at radius 1 is 1.04 bits per heavy atom. The number of hydrogen-bond acceptors (Lipinski definition) is 4. The van der Waals surface area contributed by atoms with Crippen molar-refractivity contribution >= 4 is 29.9 Å². The minimum Gasteiger partial charge on any atom is -0.493 e. The normalized spacial score (nSPS) is 11.6. The molecule has 1 rings (SSSR count). The maximum absolute atomic E-state index is 5.39. The SMILES string of the molecule is CN=C(NCCN(C(C)C)C(C)C)N(C)CCc1ccc(OC)c(OC)c1.I. The summed E-state index contributed by atoms with van der Waals surface area (Å²) < 4.78 is 10.7. The van der Waals surface area contributed by atoms with Crippen LogP contribution in [0, 0.1) is 0 Å². The molecular formula is C21H39IN4O2. The number of aliphatic imine (C=N–C) groups is 1. The highest BCUT2D eigenvalue weighted by Crippen LogP contribution is 2.27. The van der Waals surface area contributed by atoms with Gasteiger partial charge in [-0.15, -0.1) is 24.0 Å². The highest BCUT2D eigenvalue weighted by atomic mass is 127. The van der Waals surface area contributed by atoms with Crippen molar-refractivity contribution in [2.45, 2.75) is 46.2 Å². The fourth-order valence-corrected chi connectivity index (χ4v) is 3.23. The van der Waals surface area contributed by atoms with Gasteiger partial charge in [-0.3, -0.25) is 9.89 Å². The van der Waals surface area contributed by atoms with Crippen molar-refractivity contribution in [2.75, 3.05) is 47.9 Å². The summed E-state index contributed by atoms with van der Waals surface area (Å²) in [5, 5.41) is 3.48. The van der Waals surface area contributed by atoms with Crippen LogP contribution in [0.2, 0.25) is 0 Å². The van der Waals surface area contributed by atoms with Crippen LogP contribution in [0.3, 0.4) is 0 Å². The van der Waals surface area contributed by atoms with Gasteiger partial charge in [0.15, 0.2) is 17.5 Å². The van der Waals surface area contributed by atoms with Crippen molar-refractivity contribution in [1.29, 1.82) is 0 Å². The second-order valence-electron chi connectivity index (χ2n) is 7.26. The summed E-state index contributed by atoms with van der Waals surface area (Å²) in [4.78, 5) is 9.05. The van der Waals surface area contributed by atoms with Gasteiger partial charge in [-0.1, -0.05) is 6.07 Å². The summed E-state index contributed by atoms with van der Waals surface area (Å²) in [5.41, 5.74) is 1.21. The van der Waals surface area contributed by atoms with Gasteiger partial charge in [0.2, 0.25) is 0 Å². The minimum absolute atomic E-state index is 0. The summed E-state index contributed by atoms with van der Waals surface area (Å²) >= 11 is 0. The van der Waals surface area contributed by atoms with E-state index in [-0.39, 0.29) is 24.0 Å². The number of hydrogen-bond donors (Lipinski definition) is 1. The van der Waals surface area contributed by atoms with Crippen LogP contribution in [0.1, 0.15) is 33.3 Å². The zero-order chi connectivity index (χ0) is 20.4. The third-order valence-electron chi connectivity index (χ3n) is 4.74. The second-order valence-corrected chi connectivity index (χ2v) is 7.26. The lowest BCUT2D eigenvalue weighted by Crippen LogP contribution is -2.46. The summed E-state index contributed by atoms with van der Waals surface area (Å²) in [6, 6.07) is 7.14. The van der Waals surface area contributed by atoms with Crippen LogP contribution in [0.25, 0.3) is 0 Å². The first-order valence-electron chi connectivity index (χ1n) is 9.72.